The summed E-state index contributed by atoms with van der Waals surface area (Å²) in [5.74, 6) is 0.426. The van der Waals surface area contributed by atoms with Crippen LogP contribution < -0.4 is 17.1 Å². The van der Waals surface area contributed by atoms with E-state index in [1.54, 1.807) is 31.4 Å². The largest absolute Gasteiger partial charge is 1.00 e. The van der Waals surface area contributed by atoms with Crippen molar-refractivity contribution in [3.8, 4) is 5.75 Å². The van der Waals surface area contributed by atoms with Gasteiger partial charge in [-0.2, -0.15) is 0 Å². The number of methoxy groups -OCH3 is 1. The molecule has 0 saturated carbocycles. The minimum atomic E-state index is -0.299. The third kappa shape index (κ3) is 6.22. The molecule has 0 saturated heterocycles. The Morgan fingerprint density at radius 1 is 1.00 bits per heavy atom. The molecule has 0 heterocycles. The molecule has 0 radical (unpaired) electrons. The molecule has 0 aliphatic heterocycles. The lowest BCUT2D eigenvalue weighted by Crippen LogP contribution is -3.00. The minimum Gasteiger partial charge on any atom is -1.00 e. The van der Waals surface area contributed by atoms with Gasteiger partial charge < -0.3 is 26.4 Å². The maximum absolute atomic E-state index is 12.0. The number of esters is 1. The van der Waals surface area contributed by atoms with Crippen molar-refractivity contribution in [1.82, 2.24) is 0 Å². The Bertz CT molecular complexity index is 627. The molecule has 0 fully saturated rings. The van der Waals surface area contributed by atoms with Gasteiger partial charge in [-0.1, -0.05) is 30.3 Å². The van der Waals surface area contributed by atoms with Gasteiger partial charge in [0.2, 0.25) is 0 Å². The molecule has 5 heteroatoms. The first kappa shape index (κ1) is 20.0. The number of nitrogens with zero attached hydrogens (tertiary/aromatic N) is 1. The van der Waals surface area contributed by atoms with Crippen LogP contribution in [0.5, 0.6) is 5.75 Å². The maximum atomic E-state index is 12.0. The third-order valence-electron chi connectivity index (χ3n) is 3.71. The zero-order valence-corrected chi connectivity index (χ0v) is 15.1. The van der Waals surface area contributed by atoms with Crippen molar-refractivity contribution in [2.75, 3.05) is 34.4 Å². The summed E-state index contributed by atoms with van der Waals surface area (Å²) in [4.78, 5) is 12.0. The van der Waals surface area contributed by atoms with Crippen LogP contribution in [-0.2, 0) is 11.3 Å². The maximum Gasteiger partial charge on any atom is 0.338 e. The number of likely N-dealkylation sites (N-methyl/N-ethyl adjacent to an activating group) is 1. The number of hydrogen-bond acceptors (Lipinski definition) is 3. The second-order valence-electron chi connectivity index (χ2n) is 6.17. The van der Waals surface area contributed by atoms with Crippen LogP contribution >= 0.6 is 0 Å². The van der Waals surface area contributed by atoms with E-state index in [9.17, 15) is 4.79 Å². The highest BCUT2D eigenvalue weighted by Crippen LogP contribution is 2.13. The first-order valence-electron chi connectivity index (χ1n) is 7.67. The summed E-state index contributed by atoms with van der Waals surface area (Å²) in [7, 11) is 5.86. The van der Waals surface area contributed by atoms with Crippen LogP contribution in [0, 0.1) is 0 Å². The smallest absolute Gasteiger partial charge is 0.338 e. The number of rotatable bonds is 7. The van der Waals surface area contributed by atoms with Gasteiger partial charge in [0.15, 0.2) is 0 Å². The number of carbonyl (C=O) groups excluding carboxylic acids is 1. The quantitative estimate of drug-likeness (QED) is 0.526. The highest BCUT2D eigenvalue weighted by atomic mass is 35.5. The summed E-state index contributed by atoms with van der Waals surface area (Å²) in [5.41, 5.74) is 1.82. The Morgan fingerprint density at radius 2 is 1.62 bits per heavy atom. The first-order chi connectivity index (χ1) is 11.0. The molecule has 0 spiro atoms. The van der Waals surface area contributed by atoms with Gasteiger partial charge in [-0.25, -0.2) is 4.79 Å². The molecule has 0 aliphatic rings. The fraction of sp³-hybridized carbons (Fsp3) is 0.316. The number of carbonyl (C=O) groups is 1. The lowest BCUT2D eigenvalue weighted by Gasteiger charge is -2.29. The average Bonchev–Trinajstić information content (AvgIpc) is 2.55. The van der Waals surface area contributed by atoms with Gasteiger partial charge in [-0.3, -0.25) is 0 Å². The lowest BCUT2D eigenvalue weighted by atomic mass is 10.2. The van der Waals surface area contributed by atoms with Crippen molar-refractivity contribution < 1.29 is 31.2 Å². The Labute approximate surface area is 150 Å². The van der Waals surface area contributed by atoms with Crippen LogP contribution in [0.3, 0.4) is 0 Å². The molecule has 0 amide bonds. The van der Waals surface area contributed by atoms with E-state index in [0.29, 0.717) is 12.2 Å². The van der Waals surface area contributed by atoms with Gasteiger partial charge in [-0.05, 0) is 24.3 Å². The van der Waals surface area contributed by atoms with E-state index < -0.39 is 0 Å². The summed E-state index contributed by atoms with van der Waals surface area (Å²) in [6, 6.07) is 17.3. The fourth-order valence-corrected chi connectivity index (χ4v) is 2.35. The van der Waals surface area contributed by atoms with Crippen LogP contribution in [0.1, 0.15) is 15.9 Å². The summed E-state index contributed by atoms with van der Waals surface area (Å²) >= 11 is 0. The average molecular weight is 350 g/mol. The van der Waals surface area contributed by atoms with Crippen molar-refractivity contribution in [2.45, 2.75) is 6.54 Å². The van der Waals surface area contributed by atoms with Crippen LogP contribution in [-0.4, -0.2) is 44.8 Å². The third-order valence-corrected chi connectivity index (χ3v) is 3.71. The van der Waals surface area contributed by atoms with Gasteiger partial charge in [0.05, 0.1) is 26.8 Å². The standard InChI is InChI=1S/C19H24NO3.ClH/c1-20(2,15-16-7-5-4-6-8-16)13-14-23-19(21)17-9-11-18(22-3)12-10-17;/h4-12H,13-15H2,1-3H3;1H/q+1;/p-1. The summed E-state index contributed by atoms with van der Waals surface area (Å²) < 4.78 is 11.2. The van der Waals surface area contributed by atoms with Gasteiger partial charge in [0.1, 0.15) is 25.4 Å². The van der Waals surface area contributed by atoms with E-state index >= 15 is 0 Å². The van der Waals surface area contributed by atoms with Crippen molar-refractivity contribution in [3.05, 3.63) is 65.7 Å². The predicted molar refractivity (Wildman–Crippen MR) is 90.4 cm³/mol. The molecule has 0 unspecified atom stereocenters. The molecule has 0 bridgehead atoms. The van der Waals surface area contributed by atoms with Gasteiger partial charge in [0.25, 0.3) is 0 Å². The van der Waals surface area contributed by atoms with E-state index in [1.807, 2.05) is 18.2 Å². The van der Waals surface area contributed by atoms with Crippen LogP contribution in [0.25, 0.3) is 0 Å². The SMILES string of the molecule is COc1ccc(C(=O)OCC[N+](C)(C)Cc2ccccc2)cc1.[Cl-]. The Balaban J connectivity index is 0.00000288. The zero-order chi connectivity index (χ0) is 16.7. The topological polar surface area (TPSA) is 35.5 Å². The summed E-state index contributed by atoms with van der Waals surface area (Å²) in [5, 5.41) is 0. The molecular weight excluding hydrogens is 326 g/mol. The minimum absolute atomic E-state index is 0. The van der Waals surface area contributed by atoms with Crippen molar-refractivity contribution in [1.29, 1.82) is 0 Å². The lowest BCUT2D eigenvalue weighted by molar-refractivity contribution is -0.903. The van der Waals surface area contributed by atoms with E-state index in [4.69, 9.17) is 9.47 Å². The highest BCUT2D eigenvalue weighted by molar-refractivity contribution is 5.89. The second-order valence-corrected chi connectivity index (χ2v) is 6.17. The number of halogens is 1. The molecule has 4 nitrogen and oxygen atoms in total. The molecule has 0 aliphatic carbocycles. The number of ether oxygens (including phenoxy) is 2. The molecule has 2 aromatic carbocycles. The Hall–Kier alpha value is -2.04. The van der Waals surface area contributed by atoms with Gasteiger partial charge in [-0.15, -0.1) is 0 Å². The molecule has 0 N–H and O–H groups in total. The number of hydrogen-bond donors (Lipinski definition) is 0. The number of benzene rings is 2. The van der Waals surface area contributed by atoms with E-state index in [2.05, 4.69) is 26.2 Å². The normalized spacial score (nSPS) is 10.6. The van der Waals surface area contributed by atoms with E-state index in [0.717, 1.165) is 23.3 Å². The second kappa shape index (κ2) is 9.30. The van der Waals surface area contributed by atoms with Crippen LogP contribution in [0.4, 0.5) is 0 Å². The van der Waals surface area contributed by atoms with E-state index in [1.165, 1.54) is 5.56 Å². The Morgan fingerprint density at radius 3 is 2.21 bits per heavy atom. The first-order valence-corrected chi connectivity index (χ1v) is 7.67. The molecule has 130 valence electrons. The van der Waals surface area contributed by atoms with Gasteiger partial charge in [0, 0.05) is 5.56 Å². The zero-order valence-electron chi connectivity index (χ0n) is 14.4. The summed E-state index contributed by atoms with van der Waals surface area (Å²) in [6.45, 7) is 2.06. The Kier molecular flexibility index (Phi) is 7.75. The van der Waals surface area contributed by atoms with Crippen LogP contribution in [0.2, 0.25) is 0 Å². The predicted octanol–water partition coefficient (Wildman–Crippen LogP) is 0.133. The fourth-order valence-electron chi connectivity index (χ4n) is 2.35. The van der Waals surface area contributed by atoms with Gasteiger partial charge >= 0.3 is 5.97 Å². The van der Waals surface area contributed by atoms with Crippen molar-refractivity contribution >= 4 is 5.97 Å². The van der Waals surface area contributed by atoms with E-state index in [-0.39, 0.29) is 18.4 Å². The van der Waals surface area contributed by atoms with Crippen LogP contribution in [0.15, 0.2) is 54.6 Å². The molecule has 0 atom stereocenters. The van der Waals surface area contributed by atoms with Crippen molar-refractivity contribution in [2.24, 2.45) is 0 Å². The molecule has 2 rings (SSSR count). The number of quaternary nitrogens is 1. The molecule has 0 aromatic heterocycles. The van der Waals surface area contributed by atoms with Crippen molar-refractivity contribution in [3.63, 3.8) is 0 Å². The highest BCUT2D eigenvalue weighted by Gasteiger charge is 2.17. The monoisotopic (exact) mass is 349 g/mol. The summed E-state index contributed by atoms with van der Waals surface area (Å²) in [6.07, 6.45) is 0. The molecule has 2 aromatic rings. The molecular formula is C19H24ClNO3. The molecule has 24 heavy (non-hydrogen) atoms.